The van der Waals surface area contributed by atoms with E-state index in [1.54, 1.807) is 0 Å². The van der Waals surface area contributed by atoms with Gasteiger partial charge in [-0.3, -0.25) is 0 Å². The van der Waals surface area contributed by atoms with E-state index >= 15 is 0 Å². The smallest absolute Gasteiger partial charge is 0.0591 e. The highest BCUT2D eigenvalue weighted by atomic mass is 16.3. The number of terminal acetylenes is 1. The second-order valence-corrected chi connectivity index (χ2v) is 12.3. The van der Waals surface area contributed by atoms with Crippen LogP contribution in [-0.4, -0.2) is 21.9 Å². The molecular formula is C28H44O2. The Morgan fingerprint density at radius 1 is 1.20 bits per heavy atom. The van der Waals surface area contributed by atoms with Gasteiger partial charge in [-0.1, -0.05) is 44.3 Å². The molecule has 0 bridgehead atoms. The lowest BCUT2D eigenvalue weighted by molar-refractivity contribution is -0.0461. The third-order valence-corrected chi connectivity index (χ3v) is 10.1. The van der Waals surface area contributed by atoms with Gasteiger partial charge in [0, 0.05) is 0 Å². The quantitative estimate of drug-likeness (QED) is 0.422. The predicted molar refractivity (Wildman–Crippen MR) is 124 cm³/mol. The minimum Gasteiger partial charge on any atom is -0.393 e. The molecule has 4 rings (SSSR count). The number of hydrogen-bond acceptors (Lipinski definition) is 2. The zero-order valence-electron chi connectivity index (χ0n) is 19.8. The van der Waals surface area contributed by atoms with Crippen molar-refractivity contribution >= 4 is 0 Å². The molecule has 2 heteroatoms. The molecule has 0 radical (unpaired) electrons. The van der Waals surface area contributed by atoms with Gasteiger partial charge in [-0.05, 0) is 107 Å². The molecule has 0 aromatic heterocycles. The molecule has 0 amide bonds. The molecule has 0 spiro atoms. The highest BCUT2D eigenvalue weighted by Crippen LogP contribution is 2.67. The zero-order valence-corrected chi connectivity index (χ0v) is 19.8. The molecule has 3 fully saturated rings. The van der Waals surface area contributed by atoms with Crippen LogP contribution in [-0.2, 0) is 0 Å². The van der Waals surface area contributed by atoms with E-state index in [2.05, 4.69) is 25.8 Å². The summed E-state index contributed by atoms with van der Waals surface area (Å²) in [5, 5.41) is 20.3. The van der Waals surface area contributed by atoms with Crippen LogP contribution in [0, 0.1) is 52.8 Å². The summed E-state index contributed by atoms with van der Waals surface area (Å²) in [7, 11) is 0. The number of hydrogen-bond donors (Lipinski definition) is 2. The van der Waals surface area contributed by atoms with Crippen LogP contribution < -0.4 is 0 Å². The molecule has 8 atom stereocenters. The first-order valence-electron chi connectivity index (χ1n) is 12.7. The van der Waals surface area contributed by atoms with Gasteiger partial charge >= 0.3 is 0 Å². The molecular weight excluding hydrogens is 368 g/mol. The first kappa shape index (κ1) is 22.4. The monoisotopic (exact) mass is 412 g/mol. The predicted octanol–water partition coefficient (Wildman–Crippen LogP) is 6.12. The molecule has 4 aliphatic rings. The summed E-state index contributed by atoms with van der Waals surface area (Å²) < 4.78 is 0. The van der Waals surface area contributed by atoms with E-state index < -0.39 is 5.60 Å². The van der Waals surface area contributed by atoms with Crippen molar-refractivity contribution in [3.05, 3.63) is 11.6 Å². The molecule has 0 unspecified atom stereocenters. The molecule has 2 nitrogen and oxygen atoms in total. The van der Waals surface area contributed by atoms with Crippen LogP contribution in [0.2, 0.25) is 0 Å². The lowest BCUT2D eigenvalue weighted by Gasteiger charge is -2.57. The maximum atomic E-state index is 10.2. The van der Waals surface area contributed by atoms with Crippen molar-refractivity contribution in [3.63, 3.8) is 0 Å². The normalized spacial score (nSPS) is 44.3. The van der Waals surface area contributed by atoms with E-state index in [1.807, 2.05) is 13.8 Å². The second-order valence-electron chi connectivity index (χ2n) is 12.3. The standard InChI is InChI=1S/C28H44O2/c1-6-28-17-13-21(29)18-20(28)9-10-22-24-12-11-23(27(24,5)16-14-25(22)28)19(2)8-7-15-26(3,4)30/h1,9,19,21-25,29-30H,7-8,10-18H2,2-5H3/t19-,21+,22+,23-,24+,25+,27-,28+/m1/s1. The molecule has 3 saturated carbocycles. The molecule has 4 aliphatic carbocycles. The molecule has 30 heavy (non-hydrogen) atoms. The van der Waals surface area contributed by atoms with Crippen molar-refractivity contribution in [3.8, 4) is 12.3 Å². The lowest BCUT2D eigenvalue weighted by Crippen LogP contribution is -2.51. The summed E-state index contributed by atoms with van der Waals surface area (Å²) in [6.45, 7) is 8.94. The Kier molecular flexibility index (Phi) is 5.95. The van der Waals surface area contributed by atoms with Crippen LogP contribution in [0.5, 0.6) is 0 Å². The van der Waals surface area contributed by atoms with Crippen molar-refractivity contribution < 1.29 is 10.2 Å². The zero-order chi connectivity index (χ0) is 21.7. The maximum Gasteiger partial charge on any atom is 0.0591 e. The van der Waals surface area contributed by atoms with Gasteiger partial charge in [-0.25, -0.2) is 0 Å². The van der Waals surface area contributed by atoms with Crippen LogP contribution >= 0.6 is 0 Å². The SMILES string of the molecule is C#C[C@]12CC[C@H](O)CC1=CC[C@H]1[C@@H]3CC[C@H]([C@H](C)CCCC(C)(C)O)[C@@]3(C)CC[C@@H]12. The van der Waals surface area contributed by atoms with Gasteiger partial charge in [0.1, 0.15) is 0 Å². The molecule has 0 aliphatic heterocycles. The minimum atomic E-state index is -0.539. The van der Waals surface area contributed by atoms with Gasteiger partial charge in [-0.2, -0.15) is 0 Å². The number of aliphatic hydroxyl groups is 2. The van der Waals surface area contributed by atoms with E-state index in [9.17, 15) is 10.2 Å². The van der Waals surface area contributed by atoms with Crippen molar-refractivity contribution in [1.82, 2.24) is 0 Å². The Labute approximate surface area is 184 Å². The van der Waals surface area contributed by atoms with E-state index in [4.69, 9.17) is 6.42 Å². The number of aliphatic hydroxyl groups excluding tert-OH is 1. The van der Waals surface area contributed by atoms with Crippen LogP contribution in [0.4, 0.5) is 0 Å². The first-order valence-corrected chi connectivity index (χ1v) is 12.7. The molecule has 168 valence electrons. The fraction of sp³-hybridized carbons (Fsp3) is 0.857. The van der Waals surface area contributed by atoms with E-state index in [1.165, 1.54) is 44.1 Å². The summed E-state index contributed by atoms with van der Waals surface area (Å²) in [5.41, 5.74) is 1.23. The van der Waals surface area contributed by atoms with Gasteiger partial charge in [0.2, 0.25) is 0 Å². The average Bonchev–Trinajstić information content (AvgIpc) is 3.04. The molecule has 0 aromatic carbocycles. The number of fused-ring (bicyclic) bond motifs is 5. The second kappa shape index (κ2) is 7.97. The molecule has 2 N–H and O–H groups in total. The van der Waals surface area contributed by atoms with Crippen LogP contribution in [0.25, 0.3) is 0 Å². The molecule has 0 aromatic rings. The van der Waals surface area contributed by atoms with Crippen molar-refractivity contribution in [2.24, 2.45) is 40.4 Å². The molecule has 0 heterocycles. The highest BCUT2D eigenvalue weighted by Gasteiger charge is 2.59. The van der Waals surface area contributed by atoms with Crippen molar-refractivity contribution in [2.75, 3.05) is 0 Å². The van der Waals surface area contributed by atoms with Crippen LogP contribution in [0.1, 0.15) is 98.3 Å². The third kappa shape index (κ3) is 3.69. The fourth-order valence-electron chi connectivity index (χ4n) is 8.59. The first-order chi connectivity index (χ1) is 14.1. The Balaban J connectivity index is 1.50. The Morgan fingerprint density at radius 2 is 1.97 bits per heavy atom. The summed E-state index contributed by atoms with van der Waals surface area (Å²) in [4.78, 5) is 0. The third-order valence-electron chi connectivity index (χ3n) is 10.1. The Morgan fingerprint density at radius 3 is 2.67 bits per heavy atom. The maximum absolute atomic E-state index is 10.2. The average molecular weight is 413 g/mol. The van der Waals surface area contributed by atoms with Crippen LogP contribution in [0.15, 0.2) is 11.6 Å². The summed E-state index contributed by atoms with van der Waals surface area (Å²) in [6, 6.07) is 0. The van der Waals surface area contributed by atoms with Gasteiger partial charge < -0.3 is 10.2 Å². The van der Waals surface area contributed by atoms with Crippen LogP contribution in [0.3, 0.4) is 0 Å². The Hall–Kier alpha value is -0.780. The van der Waals surface area contributed by atoms with Gasteiger partial charge in [-0.15, -0.1) is 6.42 Å². The Bertz CT molecular complexity index is 709. The van der Waals surface area contributed by atoms with Gasteiger partial charge in [0.15, 0.2) is 0 Å². The fourth-order valence-corrected chi connectivity index (χ4v) is 8.59. The van der Waals surface area contributed by atoms with Gasteiger partial charge in [0.25, 0.3) is 0 Å². The van der Waals surface area contributed by atoms with E-state index in [-0.39, 0.29) is 11.5 Å². The lowest BCUT2D eigenvalue weighted by atomic mass is 9.46. The summed E-state index contributed by atoms with van der Waals surface area (Å²) in [6.07, 6.45) is 20.9. The number of rotatable bonds is 5. The topological polar surface area (TPSA) is 40.5 Å². The van der Waals surface area contributed by atoms with E-state index in [0.717, 1.165) is 55.8 Å². The van der Waals surface area contributed by atoms with E-state index in [0.29, 0.717) is 11.3 Å². The minimum absolute atomic E-state index is 0.0696. The summed E-state index contributed by atoms with van der Waals surface area (Å²) in [5.74, 6) is 7.00. The van der Waals surface area contributed by atoms with Crippen molar-refractivity contribution in [2.45, 2.75) is 110 Å². The molecule has 0 saturated heterocycles. The van der Waals surface area contributed by atoms with Gasteiger partial charge in [0.05, 0.1) is 17.1 Å². The number of allylic oxidation sites excluding steroid dienone is 1. The summed E-state index contributed by atoms with van der Waals surface area (Å²) >= 11 is 0. The largest absolute Gasteiger partial charge is 0.393 e. The highest BCUT2D eigenvalue weighted by molar-refractivity contribution is 5.34. The van der Waals surface area contributed by atoms with Crippen molar-refractivity contribution in [1.29, 1.82) is 0 Å².